The van der Waals surface area contributed by atoms with Gasteiger partial charge in [0, 0.05) is 23.3 Å². The second kappa shape index (κ2) is 4.12. The van der Waals surface area contributed by atoms with E-state index in [0.29, 0.717) is 6.04 Å². The molecule has 1 heteroatoms. The Labute approximate surface area is 114 Å². The minimum atomic E-state index is 0.681. The van der Waals surface area contributed by atoms with Crippen molar-refractivity contribution in [1.29, 1.82) is 0 Å². The van der Waals surface area contributed by atoms with Gasteiger partial charge in [-0.05, 0) is 43.5 Å². The van der Waals surface area contributed by atoms with Gasteiger partial charge in [-0.1, -0.05) is 42.3 Å². The second-order valence-electron chi connectivity index (χ2n) is 5.87. The fourth-order valence-electron chi connectivity index (χ4n) is 3.85. The van der Waals surface area contributed by atoms with Crippen molar-refractivity contribution in [2.24, 2.45) is 0 Å². The van der Waals surface area contributed by atoms with Crippen molar-refractivity contribution in [1.82, 2.24) is 0 Å². The first-order valence-corrected chi connectivity index (χ1v) is 7.29. The third kappa shape index (κ3) is 1.61. The molecule has 96 valence electrons. The summed E-state index contributed by atoms with van der Waals surface area (Å²) in [6.07, 6.45) is 4.04. The van der Waals surface area contributed by atoms with Crippen molar-refractivity contribution < 1.29 is 0 Å². The van der Waals surface area contributed by atoms with E-state index in [9.17, 15) is 0 Å². The Bertz CT molecular complexity index is 599. The van der Waals surface area contributed by atoms with E-state index < -0.39 is 0 Å². The van der Waals surface area contributed by atoms with Crippen LogP contribution in [0, 0.1) is 6.92 Å². The third-order valence-electron chi connectivity index (χ3n) is 4.72. The second-order valence-corrected chi connectivity index (χ2v) is 5.87. The molecule has 1 aliphatic heterocycles. The Morgan fingerprint density at radius 1 is 0.947 bits per heavy atom. The largest absolute Gasteiger partial charge is 0.338 e. The fraction of sp³-hybridized carbons (Fsp3) is 0.333. The number of rotatable bonds is 1. The molecule has 2 aliphatic rings. The van der Waals surface area contributed by atoms with Gasteiger partial charge in [-0.15, -0.1) is 0 Å². The van der Waals surface area contributed by atoms with Crippen molar-refractivity contribution in [3.05, 3.63) is 59.7 Å². The predicted octanol–water partition coefficient (Wildman–Crippen LogP) is 4.78. The molecule has 4 rings (SSSR count). The first-order chi connectivity index (χ1) is 9.34. The first-order valence-electron chi connectivity index (χ1n) is 7.29. The molecule has 0 unspecified atom stereocenters. The smallest absolute Gasteiger partial charge is 0.0449 e. The molecule has 1 aliphatic carbocycles. The van der Waals surface area contributed by atoms with Crippen LogP contribution in [0.1, 0.15) is 36.3 Å². The quantitative estimate of drug-likeness (QED) is 0.703. The molecule has 2 aromatic rings. The summed E-state index contributed by atoms with van der Waals surface area (Å²) in [5.74, 6) is 0.748. The van der Waals surface area contributed by atoms with Crippen LogP contribution in [-0.4, -0.2) is 6.04 Å². The highest BCUT2D eigenvalue weighted by Gasteiger charge is 2.41. The van der Waals surface area contributed by atoms with Crippen molar-refractivity contribution in [2.45, 2.75) is 38.1 Å². The third-order valence-corrected chi connectivity index (χ3v) is 4.72. The van der Waals surface area contributed by atoms with Gasteiger partial charge in [0.15, 0.2) is 0 Å². The van der Waals surface area contributed by atoms with Crippen LogP contribution < -0.4 is 4.90 Å². The maximum absolute atomic E-state index is 2.58. The highest BCUT2D eigenvalue weighted by Crippen LogP contribution is 2.51. The van der Waals surface area contributed by atoms with E-state index in [1.807, 2.05) is 0 Å². The van der Waals surface area contributed by atoms with Gasteiger partial charge in [0.1, 0.15) is 0 Å². The van der Waals surface area contributed by atoms with Crippen molar-refractivity contribution in [2.75, 3.05) is 4.90 Å². The molecule has 1 heterocycles. The van der Waals surface area contributed by atoms with Crippen LogP contribution in [0.25, 0.3) is 0 Å². The van der Waals surface area contributed by atoms with Crippen molar-refractivity contribution in [3.63, 3.8) is 0 Å². The van der Waals surface area contributed by atoms with E-state index in [1.165, 1.54) is 36.2 Å². The monoisotopic (exact) mass is 249 g/mol. The highest BCUT2D eigenvalue weighted by molar-refractivity contribution is 5.73. The van der Waals surface area contributed by atoms with Gasteiger partial charge < -0.3 is 4.90 Å². The zero-order valence-corrected chi connectivity index (χ0v) is 11.3. The van der Waals surface area contributed by atoms with Crippen LogP contribution in [-0.2, 0) is 0 Å². The molecule has 0 aromatic heterocycles. The maximum atomic E-state index is 2.58. The van der Waals surface area contributed by atoms with Crippen molar-refractivity contribution in [3.8, 4) is 0 Å². The topological polar surface area (TPSA) is 3.24 Å². The molecule has 0 bridgehead atoms. The molecular formula is C18H19N. The van der Waals surface area contributed by atoms with Gasteiger partial charge >= 0.3 is 0 Å². The summed E-state index contributed by atoms with van der Waals surface area (Å²) in [5.41, 5.74) is 5.68. The van der Waals surface area contributed by atoms with E-state index in [2.05, 4.69) is 60.4 Å². The molecule has 2 aromatic carbocycles. The molecule has 1 fully saturated rings. The molecule has 1 saturated carbocycles. The normalized spacial score (nSPS) is 24.4. The number of aryl methyl sites for hydroxylation is 1. The van der Waals surface area contributed by atoms with Crippen LogP contribution in [0.15, 0.2) is 48.5 Å². The van der Waals surface area contributed by atoms with Gasteiger partial charge in [0.2, 0.25) is 0 Å². The lowest BCUT2D eigenvalue weighted by Gasteiger charge is -2.27. The SMILES string of the molecule is Cc1ccc(N2c3ccccc3[C@H]3CCC[C@@H]32)cc1. The van der Waals surface area contributed by atoms with E-state index in [-0.39, 0.29) is 0 Å². The van der Waals surface area contributed by atoms with Gasteiger partial charge in [-0.25, -0.2) is 0 Å². The molecule has 0 amide bonds. The number of fused-ring (bicyclic) bond motifs is 3. The number of anilines is 2. The molecule has 19 heavy (non-hydrogen) atoms. The molecule has 2 atom stereocenters. The number of nitrogens with zero attached hydrogens (tertiary/aromatic N) is 1. The Kier molecular flexibility index (Phi) is 2.41. The molecular weight excluding hydrogens is 230 g/mol. The molecule has 0 N–H and O–H groups in total. The standard InChI is InChI=1S/C18H19N/c1-13-9-11-14(12-10-13)19-17-7-3-2-5-15(17)16-6-4-8-18(16)19/h2-3,5,7,9-12,16,18H,4,6,8H2,1H3/t16-,18+/m1/s1. The maximum Gasteiger partial charge on any atom is 0.0449 e. The lowest BCUT2D eigenvalue weighted by molar-refractivity contribution is 0.642. The van der Waals surface area contributed by atoms with Crippen LogP contribution >= 0.6 is 0 Å². The Balaban J connectivity index is 1.85. The van der Waals surface area contributed by atoms with E-state index >= 15 is 0 Å². The summed E-state index contributed by atoms with van der Waals surface area (Å²) in [4.78, 5) is 2.58. The summed E-state index contributed by atoms with van der Waals surface area (Å²) >= 11 is 0. The Morgan fingerprint density at radius 3 is 2.58 bits per heavy atom. The zero-order valence-electron chi connectivity index (χ0n) is 11.3. The minimum absolute atomic E-state index is 0.681. The van der Waals surface area contributed by atoms with Crippen LogP contribution in [0.4, 0.5) is 11.4 Å². The molecule has 0 spiro atoms. The molecule has 1 nitrogen and oxygen atoms in total. The molecule has 0 saturated heterocycles. The average molecular weight is 249 g/mol. The Morgan fingerprint density at radius 2 is 1.74 bits per heavy atom. The van der Waals surface area contributed by atoms with Crippen LogP contribution in [0.2, 0.25) is 0 Å². The Hall–Kier alpha value is -1.76. The zero-order chi connectivity index (χ0) is 12.8. The summed E-state index contributed by atoms with van der Waals surface area (Å²) < 4.78 is 0. The van der Waals surface area contributed by atoms with E-state index in [0.717, 1.165) is 5.92 Å². The fourth-order valence-corrected chi connectivity index (χ4v) is 3.85. The number of hydrogen-bond acceptors (Lipinski definition) is 1. The number of hydrogen-bond donors (Lipinski definition) is 0. The summed E-state index contributed by atoms with van der Waals surface area (Å²) in [6.45, 7) is 2.15. The van der Waals surface area contributed by atoms with Gasteiger partial charge in [0.25, 0.3) is 0 Å². The van der Waals surface area contributed by atoms with Gasteiger partial charge in [-0.2, -0.15) is 0 Å². The first kappa shape index (κ1) is 11.1. The highest BCUT2D eigenvalue weighted by atomic mass is 15.2. The average Bonchev–Trinajstić information content (AvgIpc) is 3.00. The van der Waals surface area contributed by atoms with Crippen molar-refractivity contribution >= 4 is 11.4 Å². The predicted molar refractivity (Wildman–Crippen MR) is 80.1 cm³/mol. The molecule has 0 radical (unpaired) electrons. The minimum Gasteiger partial charge on any atom is -0.338 e. The van der Waals surface area contributed by atoms with Crippen LogP contribution in [0.3, 0.4) is 0 Å². The summed E-state index contributed by atoms with van der Waals surface area (Å²) in [7, 11) is 0. The lowest BCUT2D eigenvalue weighted by Crippen LogP contribution is -2.26. The summed E-state index contributed by atoms with van der Waals surface area (Å²) in [5, 5.41) is 0. The number of para-hydroxylation sites is 1. The lowest BCUT2D eigenvalue weighted by atomic mass is 9.98. The van der Waals surface area contributed by atoms with Crippen LogP contribution in [0.5, 0.6) is 0 Å². The van der Waals surface area contributed by atoms with E-state index in [4.69, 9.17) is 0 Å². The van der Waals surface area contributed by atoms with Gasteiger partial charge in [-0.3, -0.25) is 0 Å². The summed E-state index contributed by atoms with van der Waals surface area (Å²) in [6, 6.07) is 18.6. The number of benzene rings is 2. The van der Waals surface area contributed by atoms with E-state index in [1.54, 1.807) is 5.56 Å². The van der Waals surface area contributed by atoms with Gasteiger partial charge in [0.05, 0.1) is 0 Å².